The molecule has 1 fully saturated rings. The molecule has 0 aromatic carbocycles. The molecule has 2 rings (SSSR count). The Kier molecular flexibility index (Phi) is 4.02. The molecule has 1 atom stereocenters. The first-order chi connectivity index (χ1) is 8.89. The van der Waals surface area contributed by atoms with E-state index in [0.29, 0.717) is 24.7 Å². The Labute approximate surface area is 113 Å². The molecule has 1 unspecified atom stereocenters. The summed E-state index contributed by atoms with van der Waals surface area (Å²) >= 11 is 0. The molecular formula is C11H19N5O2S. The van der Waals surface area contributed by atoms with Crippen molar-refractivity contribution in [3.63, 3.8) is 0 Å². The van der Waals surface area contributed by atoms with E-state index in [4.69, 9.17) is 5.84 Å². The quantitative estimate of drug-likeness (QED) is 0.580. The van der Waals surface area contributed by atoms with E-state index in [1.54, 1.807) is 6.07 Å². The van der Waals surface area contributed by atoms with Gasteiger partial charge in [-0.2, -0.15) is 0 Å². The Morgan fingerprint density at radius 3 is 2.89 bits per heavy atom. The zero-order valence-electron chi connectivity index (χ0n) is 11.1. The summed E-state index contributed by atoms with van der Waals surface area (Å²) in [5, 5.41) is 0. The number of nitrogens with two attached hydrogens (primary N) is 1. The molecule has 1 aliphatic rings. The lowest BCUT2D eigenvalue weighted by molar-refractivity contribution is 0.212. The van der Waals surface area contributed by atoms with Crippen LogP contribution in [0.25, 0.3) is 0 Å². The van der Waals surface area contributed by atoms with Gasteiger partial charge in [-0.05, 0) is 13.8 Å². The smallest absolute Gasteiger partial charge is 0.153 e. The highest BCUT2D eigenvalue weighted by Crippen LogP contribution is 2.14. The van der Waals surface area contributed by atoms with E-state index in [1.807, 2.05) is 13.8 Å². The standard InChI is InChI=1S/C11H19N5O2S/c1-8-5-10(15-12)14-11(13-8)6-16-3-4-19(17,18)7-9(16)2/h5,9H,3-4,6-7,12H2,1-2H3,(H,13,14,15). The lowest BCUT2D eigenvalue weighted by Gasteiger charge is -2.32. The topological polar surface area (TPSA) is 101 Å². The van der Waals surface area contributed by atoms with E-state index in [-0.39, 0.29) is 17.5 Å². The fourth-order valence-electron chi connectivity index (χ4n) is 2.22. The Bertz CT molecular complexity index is 560. The van der Waals surface area contributed by atoms with Crippen LogP contribution in [0, 0.1) is 6.92 Å². The largest absolute Gasteiger partial charge is 0.308 e. The van der Waals surface area contributed by atoms with Crippen LogP contribution in [0.3, 0.4) is 0 Å². The number of nitrogens with zero attached hydrogens (tertiary/aromatic N) is 3. The van der Waals surface area contributed by atoms with Crippen molar-refractivity contribution >= 4 is 15.7 Å². The van der Waals surface area contributed by atoms with E-state index >= 15 is 0 Å². The molecule has 19 heavy (non-hydrogen) atoms. The summed E-state index contributed by atoms with van der Waals surface area (Å²) in [6.45, 7) is 4.84. The Hall–Kier alpha value is -1.25. The summed E-state index contributed by atoms with van der Waals surface area (Å²) in [6, 6.07) is 1.74. The molecule has 1 aromatic heterocycles. The third kappa shape index (κ3) is 3.62. The molecule has 0 amide bonds. The summed E-state index contributed by atoms with van der Waals surface area (Å²) in [4.78, 5) is 10.7. The molecule has 1 saturated heterocycles. The van der Waals surface area contributed by atoms with Crippen molar-refractivity contribution in [2.24, 2.45) is 5.84 Å². The minimum atomic E-state index is -2.89. The van der Waals surface area contributed by atoms with Crippen molar-refractivity contribution < 1.29 is 8.42 Å². The van der Waals surface area contributed by atoms with Crippen molar-refractivity contribution in [2.75, 3.05) is 23.5 Å². The molecule has 7 nitrogen and oxygen atoms in total. The number of anilines is 1. The molecule has 0 saturated carbocycles. The molecule has 2 heterocycles. The van der Waals surface area contributed by atoms with Gasteiger partial charge in [0.25, 0.3) is 0 Å². The molecule has 0 aliphatic carbocycles. The van der Waals surface area contributed by atoms with Crippen molar-refractivity contribution in [1.82, 2.24) is 14.9 Å². The van der Waals surface area contributed by atoms with Crippen LogP contribution in [0.2, 0.25) is 0 Å². The van der Waals surface area contributed by atoms with E-state index in [0.717, 1.165) is 5.69 Å². The highest BCUT2D eigenvalue weighted by atomic mass is 32.2. The van der Waals surface area contributed by atoms with Crippen molar-refractivity contribution in [3.05, 3.63) is 17.6 Å². The summed E-state index contributed by atoms with van der Waals surface area (Å²) in [5.41, 5.74) is 3.33. The second-order valence-corrected chi connectivity index (χ2v) is 7.12. The summed E-state index contributed by atoms with van der Waals surface area (Å²) in [5.74, 6) is 6.97. The van der Waals surface area contributed by atoms with Crippen molar-refractivity contribution in [1.29, 1.82) is 0 Å². The highest BCUT2D eigenvalue weighted by molar-refractivity contribution is 7.91. The van der Waals surface area contributed by atoms with Crippen LogP contribution >= 0.6 is 0 Å². The van der Waals surface area contributed by atoms with Gasteiger partial charge in [-0.3, -0.25) is 4.90 Å². The van der Waals surface area contributed by atoms with Gasteiger partial charge in [-0.25, -0.2) is 24.2 Å². The number of sulfone groups is 1. The van der Waals surface area contributed by atoms with Crippen molar-refractivity contribution in [3.8, 4) is 0 Å². The summed E-state index contributed by atoms with van der Waals surface area (Å²) in [6.07, 6.45) is 0. The third-order valence-electron chi connectivity index (χ3n) is 3.20. The van der Waals surface area contributed by atoms with Gasteiger partial charge in [0, 0.05) is 24.3 Å². The van der Waals surface area contributed by atoms with E-state index in [2.05, 4.69) is 20.3 Å². The lowest BCUT2D eigenvalue weighted by atomic mass is 10.3. The normalized spacial score (nSPS) is 23.2. The first-order valence-corrected chi connectivity index (χ1v) is 7.97. The second kappa shape index (κ2) is 5.40. The third-order valence-corrected chi connectivity index (χ3v) is 5.00. The van der Waals surface area contributed by atoms with Gasteiger partial charge in [0.2, 0.25) is 0 Å². The number of aryl methyl sites for hydroxylation is 1. The number of nitrogen functional groups attached to an aromatic ring is 1. The molecule has 0 bridgehead atoms. The van der Waals surface area contributed by atoms with Gasteiger partial charge in [0.05, 0.1) is 18.1 Å². The Morgan fingerprint density at radius 2 is 2.26 bits per heavy atom. The van der Waals surface area contributed by atoms with E-state index in [1.165, 1.54) is 0 Å². The zero-order chi connectivity index (χ0) is 14.0. The molecule has 3 N–H and O–H groups in total. The molecule has 0 radical (unpaired) electrons. The van der Waals surface area contributed by atoms with Gasteiger partial charge < -0.3 is 5.43 Å². The Balaban J connectivity index is 2.11. The number of aromatic nitrogens is 2. The molecule has 1 aliphatic heterocycles. The molecule has 106 valence electrons. The van der Waals surface area contributed by atoms with Crippen LogP contribution in [0.5, 0.6) is 0 Å². The van der Waals surface area contributed by atoms with Crippen LogP contribution in [0.1, 0.15) is 18.4 Å². The van der Waals surface area contributed by atoms with E-state index < -0.39 is 9.84 Å². The van der Waals surface area contributed by atoms with Crippen LogP contribution in [-0.2, 0) is 16.4 Å². The first-order valence-electron chi connectivity index (χ1n) is 6.15. The predicted octanol–water partition coefficient (Wildman–Crippen LogP) is -0.310. The maximum atomic E-state index is 11.5. The maximum Gasteiger partial charge on any atom is 0.153 e. The van der Waals surface area contributed by atoms with Crippen LogP contribution in [-0.4, -0.2) is 47.4 Å². The number of hydrogen-bond acceptors (Lipinski definition) is 7. The molecule has 1 aromatic rings. The van der Waals surface area contributed by atoms with Gasteiger partial charge in [0.1, 0.15) is 11.6 Å². The van der Waals surface area contributed by atoms with Gasteiger partial charge in [-0.15, -0.1) is 0 Å². The average Bonchev–Trinajstić information content (AvgIpc) is 2.31. The molecular weight excluding hydrogens is 266 g/mol. The number of rotatable bonds is 3. The van der Waals surface area contributed by atoms with Gasteiger partial charge >= 0.3 is 0 Å². The first kappa shape index (κ1) is 14.2. The van der Waals surface area contributed by atoms with Crippen LogP contribution in [0.15, 0.2) is 6.07 Å². The average molecular weight is 285 g/mol. The number of hydrazine groups is 1. The highest BCUT2D eigenvalue weighted by Gasteiger charge is 2.28. The Morgan fingerprint density at radius 1 is 1.53 bits per heavy atom. The molecule has 0 spiro atoms. The van der Waals surface area contributed by atoms with Gasteiger partial charge in [-0.1, -0.05) is 0 Å². The van der Waals surface area contributed by atoms with Gasteiger partial charge in [0.15, 0.2) is 9.84 Å². The lowest BCUT2D eigenvalue weighted by Crippen LogP contribution is -2.46. The van der Waals surface area contributed by atoms with E-state index in [9.17, 15) is 8.42 Å². The minimum absolute atomic E-state index is 0.0165. The summed E-state index contributed by atoms with van der Waals surface area (Å²) < 4.78 is 23.1. The predicted molar refractivity (Wildman–Crippen MR) is 73.1 cm³/mol. The fourth-order valence-corrected chi connectivity index (χ4v) is 3.85. The SMILES string of the molecule is Cc1cc(NN)nc(CN2CCS(=O)(=O)CC2C)n1. The maximum absolute atomic E-state index is 11.5. The van der Waals surface area contributed by atoms with Crippen LogP contribution in [0.4, 0.5) is 5.82 Å². The van der Waals surface area contributed by atoms with Crippen LogP contribution < -0.4 is 11.3 Å². The van der Waals surface area contributed by atoms with Crippen molar-refractivity contribution in [2.45, 2.75) is 26.4 Å². The number of hydrogen-bond donors (Lipinski definition) is 2. The number of nitrogens with one attached hydrogen (secondary N) is 1. The summed E-state index contributed by atoms with van der Waals surface area (Å²) in [7, 11) is -2.89. The fraction of sp³-hybridized carbons (Fsp3) is 0.636. The minimum Gasteiger partial charge on any atom is -0.308 e. The second-order valence-electron chi connectivity index (χ2n) is 4.89. The zero-order valence-corrected chi connectivity index (χ0v) is 11.9. The monoisotopic (exact) mass is 285 g/mol. The molecule has 8 heteroatoms.